The highest BCUT2D eigenvalue weighted by Gasteiger charge is 2.14. The SMILES string of the molecule is [2H]c1c([2H])c([2H])c(-c2c3ccccc3c(Br)c3ccc(-c4ccc(-c5ccccc5)cc4)cc23)c([2H])c1[2H]. The number of fused-ring (bicyclic) bond motifs is 2. The third-order valence-electron chi connectivity index (χ3n) is 6.03. The summed E-state index contributed by atoms with van der Waals surface area (Å²) in [4.78, 5) is 0. The summed E-state index contributed by atoms with van der Waals surface area (Å²) in [7, 11) is 0. The van der Waals surface area contributed by atoms with Crippen molar-refractivity contribution in [3.05, 3.63) is 132 Å². The van der Waals surface area contributed by atoms with Gasteiger partial charge in [-0.05, 0) is 76.9 Å². The number of halogens is 1. The average molecular weight is 490 g/mol. The first-order valence-corrected chi connectivity index (χ1v) is 11.5. The lowest BCUT2D eigenvalue weighted by Crippen LogP contribution is -1.89. The lowest BCUT2D eigenvalue weighted by atomic mass is 9.90. The first kappa shape index (κ1) is 15.2. The summed E-state index contributed by atoms with van der Waals surface area (Å²) in [5.41, 5.74) is 5.13. The molecule has 33 heavy (non-hydrogen) atoms. The Labute approximate surface area is 209 Å². The maximum absolute atomic E-state index is 8.72. The predicted octanol–water partition coefficient (Wildman–Crippen LogP) is 9.76. The fourth-order valence-electron chi connectivity index (χ4n) is 4.43. The van der Waals surface area contributed by atoms with Gasteiger partial charge in [0.05, 0.1) is 6.85 Å². The Hall–Kier alpha value is -3.68. The Kier molecular flexibility index (Phi) is 3.85. The molecule has 6 aromatic carbocycles. The molecular weight excluding hydrogens is 464 g/mol. The van der Waals surface area contributed by atoms with Crippen molar-refractivity contribution in [2.75, 3.05) is 0 Å². The van der Waals surface area contributed by atoms with Crippen LogP contribution in [0, 0.1) is 0 Å². The van der Waals surface area contributed by atoms with E-state index in [1.807, 2.05) is 48.5 Å². The van der Waals surface area contributed by atoms with Crippen LogP contribution in [0.1, 0.15) is 6.85 Å². The highest BCUT2D eigenvalue weighted by atomic mass is 79.9. The lowest BCUT2D eigenvalue weighted by molar-refractivity contribution is 1.60. The van der Waals surface area contributed by atoms with Crippen LogP contribution in [0.5, 0.6) is 0 Å². The van der Waals surface area contributed by atoms with Crippen molar-refractivity contribution in [3.8, 4) is 33.4 Å². The molecule has 1 heteroatoms. The van der Waals surface area contributed by atoms with Crippen LogP contribution in [0.3, 0.4) is 0 Å². The fourth-order valence-corrected chi connectivity index (χ4v) is 5.13. The molecule has 6 rings (SSSR count). The minimum absolute atomic E-state index is 0.206. The van der Waals surface area contributed by atoms with Crippen LogP contribution in [0.4, 0.5) is 0 Å². The molecule has 0 heterocycles. The van der Waals surface area contributed by atoms with E-state index in [0.29, 0.717) is 5.56 Å². The molecule has 0 N–H and O–H groups in total. The van der Waals surface area contributed by atoms with Gasteiger partial charge in [0.25, 0.3) is 0 Å². The maximum atomic E-state index is 8.72. The van der Waals surface area contributed by atoms with Crippen molar-refractivity contribution < 1.29 is 6.85 Å². The van der Waals surface area contributed by atoms with Crippen molar-refractivity contribution in [1.82, 2.24) is 0 Å². The Balaban J connectivity index is 1.64. The standard InChI is InChI=1S/C32H21Br/c33-32-28-14-8-7-13-27(28)31(25-11-5-2-6-12-25)30-21-26(19-20-29(30)32)24-17-15-23(16-18-24)22-9-3-1-4-10-22/h1-21H/i2D,5D,6D,11D,12D. The zero-order valence-electron chi connectivity index (χ0n) is 22.6. The largest absolute Gasteiger partial charge is 0.0629 e. The van der Waals surface area contributed by atoms with Crippen LogP contribution in [0.2, 0.25) is 0 Å². The maximum Gasteiger partial charge on any atom is 0.0629 e. The van der Waals surface area contributed by atoms with E-state index < -0.39 is 6.04 Å². The van der Waals surface area contributed by atoms with Gasteiger partial charge in [-0.1, -0.05) is 121 Å². The minimum atomic E-state index is -0.395. The molecule has 0 saturated heterocycles. The number of hydrogen-bond acceptors (Lipinski definition) is 0. The van der Waals surface area contributed by atoms with E-state index in [2.05, 4.69) is 64.5 Å². The zero-order valence-corrected chi connectivity index (χ0v) is 19.2. The van der Waals surface area contributed by atoms with Gasteiger partial charge in [-0.2, -0.15) is 0 Å². The lowest BCUT2D eigenvalue weighted by Gasteiger charge is -2.16. The van der Waals surface area contributed by atoms with Crippen molar-refractivity contribution in [2.45, 2.75) is 0 Å². The number of rotatable bonds is 3. The first-order chi connectivity index (χ1) is 18.4. The Morgan fingerprint density at radius 2 is 1.00 bits per heavy atom. The van der Waals surface area contributed by atoms with Gasteiger partial charge >= 0.3 is 0 Å². The molecule has 0 spiro atoms. The third kappa shape index (κ3) is 3.55. The Bertz CT molecular complexity index is 1830. The summed E-state index contributed by atoms with van der Waals surface area (Å²) in [5.74, 6) is 0. The third-order valence-corrected chi connectivity index (χ3v) is 6.89. The second kappa shape index (κ2) is 8.35. The summed E-state index contributed by atoms with van der Waals surface area (Å²) >= 11 is 3.79. The normalized spacial score (nSPS) is 13.3. The van der Waals surface area contributed by atoms with Gasteiger partial charge in [0.2, 0.25) is 0 Å². The molecule has 0 bridgehead atoms. The van der Waals surface area contributed by atoms with E-state index in [0.717, 1.165) is 48.3 Å². The Morgan fingerprint density at radius 3 is 1.73 bits per heavy atom. The molecule has 0 saturated carbocycles. The molecule has 0 nitrogen and oxygen atoms in total. The smallest absolute Gasteiger partial charge is 0.0622 e. The summed E-state index contributed by atoms with van der Waals surface area (Å²) in [5, 5.41) is 3.47. The molecule has 0 radical (unpaired) electrons. The molecule has 0 aliphatic rings. The first-order valence-electron chi connectivity index (χ1n) is 13.2. The molecule has 0 amide bonds. The van der Waals surface area contributed by atoms with E-state index in [1.165, 1.54) is 0 Å². The van der Waals surface area contributed by atoms with Gasteiger partial charge < -0.3 is 0 Å². The Morgan fingerprint density at radius 1 is 0.455 bits per heavy atom. The second-order valence-electron chi connectivity index (χ2n) is 7.94. The number of benzene rings is 6. The summed E-state index contributed by atoms with van der Waals surface area (Å²) < 4.78 is 43.0. The highest BCUT2D eigenvalue weighted by molar-refractivity contribution is 9.10. The van der Waals surface area contributed by atoms with Crippen molar-refractivity contribution >= 4 is 37.5 Å². The van der Waals surface area contributed by atoms with E-state index in [9.17, 15) is 0 Å². The van der Waals surface area contributed by atoms with Gasteiger partial charge in [0.1, 0.15) is 0 Å². The monoisotopic (exact) mass is 489 g/mol. The average Bonchev–Trinajstić information content (AvgIpc) is 2.97. The van der Waals surface area contributed by atoms with Crippen molar-refractivity contribution in [2.24, 2.45) is 0 Å². The van der Waals surface area contributed by atoms with Gasteiger partial charge in [0, 0.05) is 4.47 Å². The van der Waals surface area contributed by atoms with Crippen LogP contribution in [-0.2, 0) is 0 Å². The van der Waals surface area contributed by atoms with Gasteiger partial charge in [-0.15, -0.1) is 0 Å². The minimum Gasteiger partial charge on any atom is -0.0622 e. The second-order valence-corrected chi connectivity index (χ2v) is 8.73. The molecule has 0 aliphatic carbocycles. The molecule has 0 aromatic heterocycles. The van der Waals surface area contributed by atoms with Crippen LogP contribution in [0.15, 0.2) is 132 Å². The van der Waals surface area contributed by atoms with Crippen LogP contribution >= 0.6 is 15.9 Å². The molecule has 6 aromatic rings. The molecule has 0 fully saturated rings. The van der Waals surface area contributed by atoms with Crippen molar-refractivity contribution in [1.29, 1.82) is 0 Å². The summed E-state index contributed by atoms with van der Waals surface area (Å²) in [6.45, 7) is 0. The van der Waals surface area contributed by atoms with E-state index >= 15 is 0 Å². The summed E-state index contributed by atoms with van der Waals surface area (Å²) in [6, 6.07) is 31.0. The van der Waals surface area contributed by atoms with Crippen LogP contribution in [0.25, 0.3) is 54.9 Å². The zero-order chi connectivity index (χ0) is 26.6. The predicted molar refractivity (Wildman–Crippen MR) is 145 cm³/mol. The van der Waals surface area contributed by atoms with E-state index in [-0.39, 0.29) is 29.7 Å². The van der Waals surface area contributed by atoms with Crippen LogP contribution in [-0.4, -0.2) is 0 Å². The van der Waals surface area contributed by atoms with E-state index in [1.54, 1.807) is 0 Å². The molecular formula is C32H21Br. The molecule has 156 valence electrons. The van der Waals surface area contributed by atoms with Gasteiger partial charge in [0.15, 0.2) is 0 Å². The van der Waals surface area contributed by atoms with Crippen LogP contribution < -0.4 is 0 Å². The van der Waals surface area contributed by atoms with E-state index in [4.69, 9.17) is 6.85 Å². The van der Waals surface area contributed by atoms with Gasteiger partial charge in [-0.3, -0.25) is 0 Å². The quantitative estimate of drug-likeness (QED) is 0.217. The molecule has 0 unspecified atom stereocenters. The molecule has 0 atom stereocenters. The van der Waals surface area contributed by atoms with Gasteiger partial charge in [-0.25, -0.2) is 0 Å². The summed E-state index contributed by atoms with van der Waals surface area (Å²) in [6.07, 6.45) is 0. The van der Waals surface area contributed by atoms with Crippen molar-refractivity contribution in [3.63, 3.8) is 0 Å². The topological polar surface area (TPSA) is 0 Å². The number of hydrogen-bond donors (Lipinski definition) is 0. The highest BCUT2D eigenvalue weighted by Crippen LogP contribution is 2.43. The molecule has 0 aliphatic heterocycles. The fraction of sp³-hybridized carbons (Fsp3) is 0.